The molecule has 0 saturated heterocycles. The second kappa shape index (κ2) is 13.6. The Kier molecular flexibility index (Phi) is 10.2. The van der Waals surface area contributed by atoms with E-state index in [9.17, 15) is 14.4 Å². The zero-order valence-electron chi connectivity index (χ0n) is 21.5. The Morgan fingerprint density at radius 2 is 1.35 bits per heavy atom. The van der Waals surface area contributed by atoms with Gasteiger partial charge in [0, 0.05) is 19.3 Å². The number of benzene rings is 3. The number of amides is 1. The van der Waals surface area contributed by atoms with Crippen LogP contribution in [0.2, 0.25) is 0 Å². The van der Waals surface area contributed by atoms with E-state index in [4.69, 9.17) is 4.74 Å². The number of carbonyl (C=O) groups excluding carboxylic acids is 3. The minimum atomic E-state index is -2.96. The van der Waals surface area contributed by atoms with E-state index < -0.39 is 18.9 Å². The molecule has 0 aliphatic rings. The summed E-state index contributed by atoms with van der Waals surface area (Å²) in [5, 5.41) is 2.72. The van der Waals surface area contributed by atoms with Gasteiger partial charge in [-0.05, 0) is 29.3 Å². The molecule has 1 unspecified atom stereocenters. The molecule has 1 atom stereocenters. The Labute approximate surface area is 219 Å². The van der Waals surface area contributed by atoms with Gasteiger partial charge in [0.15, 0.2) is 0 Å². The number of nitrogens with zero attached hydrogens (tertiary/aromatic N) is 1. The molecule has 192 valence electrons. The number of hydrogen-bond acceptors (Lipinski definition) is 4. The predicted molar refractivity (Wildman–Crippen MR) is 153 cm³/mol. The summed E-state index contributed by atoms with van der Waals surface area (Å²) in [6.07, 6.45) is 3.65. The molecule has 1 amide bonds. The highest BCUT2D eigenvalue weighted by molar-refractivity contribution is 7.96. The van der Waals surface area contributed by atoms with Crippen LogP contribution in [0.3, 0.4) is 0 Å². The normalized spacial score (nSPS) is 11.7. The molecular formula is C31H34NO4P. The van der Waals surface area contributed by atoms with Crippen molar-refractivity contribution in [2.24, 2.45) is 0 Å². The van der Waals surface area contributed by atoms with Gasteiger partial charge in [-0.25, -0.2) is 4.79 Å². The highest BCUT2D eigenvalue weighted by atomic mass is 31.2. The summed E-state index contributed by atoms with van der Waals surface area (Å²) in [6.45, 7) is 4.24. The molecule has 0 aliphatic heterocycles. The summed E-state index contributed by atoms with van der Waals surface area (Å²) in [5.74, 6) is -0.645. The molecule has 3 rings (SSSR count). The number of ketones is 1. The first kappa shape index (κ1) is 27.9. The quantitative estimate of drug-likeness (QED) is 0.146. The Balaban J connectivity index is 2.61. The van der Waals surface area contributed by atoms with Gasteiger partial charge in [-0.3, -0.25) is 9.59 Å². The van der Waals surface area contributed by atoms with Crippen LogP contribution < -0.4 is 15.9 Å². The number of Topliss-reactive ketones (excluding diaryl/α,β-unsaturated/α-hetero) is 1. The standard InChI is InChI=1S/C31H34NO4P/c1-4-15-26(23-25(3)34)32(24-33)30(31(35)36-22-5-2)37(27-16-9-6-10-17-27,28-18-11-7-12-19-28)29-20-13-8-14-21-29/h5-14,16-21,24,26H,2,4,15,22-23H2,1,3H3. The van der Waals surface area contributed by atoms with Crippen LogP contribution in [0.15, 0.2) is 104 Å². The van der Waals surface area contributed by atoms with Crippen LogP contribution in [0, 0.1) is 0 Å². The average Bonchev–Trinajstić information content (AvgIpc) is 2.93. The van der Waals surface area contributed by atoms with Crippen LogP contribution in [0.4, 0.5) is 0 Å². The molecule has 0 fully saturated rings. The van der Waals surface area contributed by atoms with Gasteiger partial charge in [0.25, 0.3) is 0 Å². The number of carbonyl (C=O) groups is 3. The third kappa shape index (κ3) is 6.18. The van der Waals surface area contributed by atoms with Crippen LogP contribution in [0.1, 0.15) is 33.1 Å². The van der Waals surface area contributed by atoms with E-state index in [1.165, 1.54) is 17.9 Å². The smallest absolute Gasteiger partial charge is 0.356 e. The summed E-state index contributed by atoms with van der Waals surface area (Å²) in [4.78, 5) is 40.8. The third-order valence-corrected chi connectivity index (χ3v) is 10.4. The molecule has 3 aromatic carbocycles. The van der Waals surface area contributed by atoms with E-state index >= 15 is 0 Å². The lowest BCUT2D eigenvalue weighted by atomic mass is 10.0. The van der Waals surface area contributed by atoms with Crippen molar-refractivity contribution in [3.63, 3.8) is 0 Å². The van der Waals surface area contributed by atoms with E-state index in [1.54, 1.807) is 0 Å². The van der Waals surface area contributed by atoms with Crippen molar-refractivity contribution in [1.82, 2.24) is 4.90 Å². The van der Waals surface area contributed by atoms with Crippen LogP contribution in [-0.2, 0) is 19.1 Å². The summed E-state index contributed by atoms with van der Waals surface area (Å²) >= 11 is 0. The lowest BCUT2D eigenvalue weighted by Crippen LogP contribution is -2.49. The van der Waals surface area contributed by atoms with Gasteiger partial charge in [-0.1, -0.05) is 117 Å². The zero-order valence-corrected chi connectivity index (χ0v) is 22.3. The Morgan fingerprint density at radius 3 is 1.70 bits per heavy atom. The van der Waals surface area contributed by atoms with Crippen molar-refractivity contribution >= 4 is 46.4 Å². The molecule has 0 aliphatic carbocycles. The minimum absolute atomic E-state index is 0.00144. The van der Waals surface area contributed by atoms with Gasteiger partial charge < -0.3 is 9.64 Å². The molecule has 0 bridgehead atoms. The highest BCUT2D eigenvalue weighted by Crippen LogP contribution is 2.47. The molecule has 0 radical (unpaired) electrons. The van der Waals surface area contributed by atoms with Crippen LogP contribution >= 0.6 is 6.89 Å². The van der Waals surface area contributed by atoms with Crippen molar-refractivity contribution in [2.75, 3.05) is 6.61 Å². The van der Waals surface area contributed by atoms with E-state index in [-0.39, 0.29) is 24.2 Å². The number of esters is 1. The van der Waals surface area contributed by atoms with Crippen molar-refractivity contribution in [1.29, 1.82) is 0 Å². The van der Waals surface area contributed by atoms with E-state index in [0.717, 1.165) is 22.3 Å². The van der Waals surface area contributed by atoms with Crippen LogP contribution in [0.25, 0.3) is 0 Å². The second-order valence-corrected chi connectivity index (χ2v) is 12.1. The van der Waals surface area contributed by atoms with Gasteiger partial charge in [0.1, 0.15) is 17.8 Å². The SMILES string of the molecule is C=CCOC(=O)C(N(C=O)C(CCC)CC(C)=O)=P(c1ccccc1)(c1ccccc1)c1ccccc1. The second-order valence-electron chi connectivity index (χ2n) is 8.75. The Hall–Kier alpha value is -3.69. The van der Waals surface area contributed by atoms with Crippen molar-refractivity contribution < 1.29 is 19.1 Å². The summed E-state index contributed by atoms with van der Waals surface area (Å²) < 4.78 is 5.69. The van der Waals surface area contributed by atoms with E-state index in [0.29, 0.717) is 12.8 Å². The van der Waals surface area contributed by atoms with Crippen LogP contribution in [0.5, 0.6) is 0 Å². The Morgan fingerprint density at radius 1 is 0.892 bits per heavy atom. The van der Waals surface area contributed by atoms with Crippen LogP contribution in [-0.4, -0.2) is 41.1 Å². The van der Waals surface area contributed by atoms with Crippen molar-refractivity contribution in [3.05, 3.63) is 104 Å². The summed E-state index contributed by atoms with van der Waals surface area (Å²) in [7, 11) is 0. The number of hydrogen-bond donors (Lipinski definition) is 0. The lowest BCUT2D eigenvalue weighted by molar-refractivity contribution is -0.136. The number of ether oxygens (including phenoxy) is 1. The van der Waals surface area contributed by atoms with Gasteiger partial charge in [0.2, 0.25) is 6.41 Å². The van der Waals surface area contributed by atoms with Crippen molar-refractivity contribution in [2.45, 2.75) is 39.2 Å². The lowest BCUT2D eigenvalue weighted by Gasteiger charge is -2.37. The maximum atomic E-state index is 14.1. The first-order valence-electron chi connectivity index (χ1n) is 12.4. The Bertz CT molecular complexity index is 1150. The van der Waals surface area contributed by atoms with E-state index in [1.807, 2.05) is 97.9 Å². The molecule has 5 nitrogen and oxygen atoms in total. The topological polar surface area (TPSA) is 63.7 Å². The summed E-state index contributed by atoms with van der Waals surface area (Å²) in [5.41, 5.74) is 0.257. The van der Waals surface area contributed by atoms with Crippen molar-refractivity contribution in [3.8, 4) is 0 Å². The first-order chi connectivity index (χ1) is 18.0. The maximum absolute atomic E-state index is 14.1. The van der Waals surface area contributed by atoms with Gasteiger partial charge >= 0.3 is 5.97 Å². The fourth-order valence-corrected chi connectivity index (χ4v) is 9.08. The van der Waals surface area contributed by atoms with E-state index in [2.05, 4.69) is 6.58 Å². The molecule has 6 heteroatoms. The highest BCUT2D eigenvalue weighted by Gasteiger charge is 2.39. The largest absolute Gasteiger partial charge is 0.457 e. The van der Waals surface area contributed by atoms with Gasteiger partial charge in [0.05, 0.1) is 0 Å². The molecule has 0 saturated carbocycles. The van der Waals surface area contributed by atoms with Gasteiger partial charge in [-0.2, -0.15) is 0 Å². The molecule has 0 N–H and O–H groups in total. The molecule has 0 aromatic heterocycles. The first-order valence-corrected chi connectivity index (χ1v) is 14.2. The predicted octanol–water partition coefficient (Wildman–Crippen LogP) is 4.45. The molecule has 3 aromatic rings. The molecular weight excluding hydrogens is 481 g/mol. The average molecular weight is 516 g/mol. The monoisotopic (exact) mass is 515 g/mol. The minimum Gasteiger partial charge on any atom is -0.457 e. The third-order valence-electron chi connectivity index (χ3n) is 6.16. The molecule has 0 heterocycles. The fourth-order valence-electron chi connectivity index (χ4n) is 4.70. The maximum Gasteiger partial charge on any atom is 0.356 e. The molecule has 0 spiro atoms. The number of rotatable bonds is 13. The summed E-state index contributed by atoms with van der Waals surface area (Å²) in [6, 6.07) is 28.9. The zero-order chi connectivity index (χ0) is 26.7. The van der Waals surface area contributed by atoms with Gasteiger partial charge in [-0.15, -0.1) is 0 Å². The molecule has 37 heavy (non-hydrogen) atoms. The fraction of sp³-hybridized carbons (Fsp3) is 0.226.